The van der Waals surface area contributed by atoms with E-state index in [-0.39, 0.29) is 16.7 Å². The minimum atomic E-state index is -3.87. The van der Waals surface area contributed by atoms with E-state index in [9.17, 15) is 17.6 Å². The number of amides is 1. The minimum Gasteiger partial charge on any atom is -0.312 e. The Labute approximate surface area is 151 Å². The van der Waals surface area contributed by atoms with Crippen molar-refractivity contribution in [1.82, 2.24) is 0 Å². The summed E-state index contributed by atoms with van der Waals surface area (Å²) in [6.45, 7) is 0.705. The highest BCUT2D eigenvalue weighted by Gasteiger charge is 2.35. The van der Waals surface area contributed by atoms with Crippen LogP contribution in [0.5, 0.6) is 0 Å². The van der Waals surface area contributed by atoms with Crippen molar-refractivity contribution in [1.29, 1.82) is 0 Å². The summed E-state index contributed by atoms with van der Waals surface area (Å²) in [6.07, 6.45) is 3.55. The third-order valence-electron chi connectivity index (χ3n) is 4.75. The van der Waals surface area contributed by atoms with Gasteiger partial charge in [0.25, 0.3) is 10.0 Å². The second-order valence-electron chi connectivity index (χ2n) is 6.77. The van der Waals surface area contributed by atoms with Gasteiger partial charge in [0.2, 0.25) is 5.91 Å². The molecule has 1 fully saturated rings. The van der Waals surface area contributed by atoms with E-state index in [0.29, 0.717) is 12.2 Å². The van der Waals surface area contributed by atoms with Gasteiger partial charge in [-0.15, -0.1) is 0 Å². The summed E-state index contributed by atoms with van der Waals surface area (Å²) in [7, 11) is -3.87. The molecule has 7 heteroatoms. The van der Waals surface area contributed by atoms with Crippen molar-refractivity contribution in [3.05, 3.63) is 53.8 Å². The first-order valence-corrected chi connectivity index (χ1v) is 10.1. The molecular weight excluding hydrogens is 355 g/mol. The highest BCUT2D eigenvalue weighted by atomic mass is 32.2. The number of hydrogen-bond acceptors (Lipinski definition) is 3. The lowest BCUT2D eigenvalue weighted by molar-refractivity contribution is -0.119. The van der Waals surface area contributed by atoms with Crippen LogP contribution in [0.1, 0.15) is 24.8 Å². The standard InChI is InChI=1S/C19H19FN2O3S/c20-15-4-1-5-17(12-15)26(24,25)21-16-8-9-18-14(11-16)3-2-10-22(18)19(23)13-6-7-13/h1,4-5,8-9,11-13,21H,2-3,6-7,10H2. The normalized spacial score (nSPS) is 16.9. The van der Waals surface area contributed by atoms with Crippen LogP contribution in [0.15, 0.2) is 47.4 Å². The number of halogens is 1. The van der Waals surface area contributed by atoms with E-state index in [1.807, 2.05) is 4.90 Å². The molecule has 5 nitrogen and oxygen atoms in total. The zero-order chi connectivity index (χ0) is 18.3. The molecule has 2 aliphatic rings. The zero-order valence-corrected chi connectivity index (χ0v) is 14.9. The van der Waals surface area contributed by atoms with Crippen molar-refractivity contribution in [2.45, 2.75) is 30.6 Å². The summed E-state index contributed by atoms with van der Waals surface area (Å²) >= 11 is 0. The number of fused-ring (bicyclic) bond motifs is 1. The molecule has 0 atom stereocenters. The van der Waals surface area contributed by atoms with Crippen molar-refractivity contribution in [3.8, 4) is 0 Å². The summed E-state index contributed by atoms with van der Waals surface area (Å²) in [5.41, 5.74) is 2.22. The van der Waals surface area contributed by atoms with Gasteiger partial charge in [-0.25, -0.2) is 12.8 Å². The molecule has 2 aromatic rings. The van der Waals surface area contributed by atoms with E-state index in [1.165, 1.54) is 18.2 Å². The number of sulfonamides is 1. The summed E-state index contributed by atoms with van der Waals surface area (Å²) in [5.74, 6) is -0.293. The fourth-order valence-corrected chi connectivity index (χ4v) is 4.37. The lowest BCUT2D eigenvalue weighted by Gasteiger charge is -2.30. The molecule has 1 aliphatic heterocycles. The average molecular weight is 374 g/mol. The van der Waals surface area contributed by atoms with Crippen LogP contribution in [-0.4, -0.2) is 20.9 Å². The van der Waals surface area contributed by atoms with Crippen LogP contribution in [0.3, 0.4) is 0 Å². The predicted octanol–water partition coefficient (Wildman–Crippen LogP) is 3.32. The highest BCUT2D eigenvalue weighted by Crippen LogP contribution is 2.36. The van der Waals surface area contributed by atoms with Crippen LogP contribution in [0.25, 0.3) is 0 Å². The minimum absolute atomic E-state index is 0.124. The van der Waals surface area contributed by atoms with Gasteiger partial charge in [-0.05, 0) is 67.6 Å². The molecule has 26 heavy (non-hydrogen) atoms. The van der Waals surface area contributed by atoms with Gasteiger partial charge in [0.15, 0.2) is 0 Å². The van der Waals surface area contributed by atoms with E-state index in [1.54, 1.807) is 18.2 Å². The molecule has 0 spiro atoms. The molecule has 136 valence electrons. The largest absolute Gasteiger partial charge is 0.312 e. The van der Waals surface area contributed by atoms with Crippen molar-refractivity contribution in [3.63, 3.8) is 0 Å². The van der Waals surface area contributed by atoms with E-state index < -0.39 is 15.8 Å². The number of nitrogens with zero attached hydrogens (tertiary/aromatic N) is 1. The van der Waals surface area contributed by atoms with Crippen molar-refractivity contribution < 1.29 is 17.6 Å². The second-order valence-corrected chi connectivity index (χ2v) is 8.46. The maximum Gasteiger partial charge on any atom is 0.261 e. The number of hydrogen-bond donors (Lipinski definition) is 1. The van der Waals surface area contributed by atoms with Crippen LogP contribution >= 0.6 is 0 Å². The van der Waals surface area contributed by atoms with Crippen LogP contribution in [0.2, 0.25) is 0 Å². The highest BCUT2D eigenvalue weighted by molar-refractivity contribution is 7.92. The van der Waals surface area contributed by atoms with Gasteiger partial charge in [-0.1, -0.05) is 6.07 Å². The fraction of sp³-hybridized carbons (Fsp3) is 0.316. The average Bonchev–Trinajstić information content (AvgIpc) is 3.45. The maximum atomic E-state index is 13.3. The first-order chi connectivity index (χ1) is 12.4. The van der Waals surface area contributed by atoms with Crippen LogP contribution in [0.4, 0.5) is 15.8 Å². The summed E-state index contributed by atoms with van der Waals surface area (Å²) in [5, 5.41) is 0. The van der Waals surface area contributed by atoms with E-state index >= 15 is 0 Å². The molecule has 1 N–H and O–H groups in total. The third kappa shape index (κ3) is 3.31. The Morgan fingerprint density at radius 3 is 2.69 bits per heavy atom. The summed E-state index contributed by atoms with van der Waals surface area (Å²) in [6, 6.07) is 10.1. The van der Waals surface area contributed by atoms with Crippen LogP contribution in [0, 0.1) is 11.7 Å². The fourth-order valence-electron chi connectivity index (χ4n) is 3.29. The van der Waals surface area contributed by atoms with E-state index in [4.69, 9.17) is 0 Å². The Morgan fingerprint density at radius 1 is 1.15 bits per heavy atom. The molecule has 0 aromatic heterocycles. The SMILES string of the molecule is O=C(C1CC1)N1CCCc2cc(NS(=O)(=O)c3cccc(F)c3)ccc21. The summed E-state index contributed by atoms with van der Waals surface area (Å²) in [4.78, 5) is 14.1. The molecule has 0 unspecified atom stereocenters. The Kier molecular flexibility index (Phi) is 4.19. The van der Waals surface area contributed by atoms with Crippen LogP contribution < -0.4 is 9.62 Å². The number of aryl methyl sites for hydroxylation is 1. The molecule has 1 saturated carbocycles. The van der Waals surface area contributed by atoms with Crippen molar-refractivity contribution >= 4 is 27.3 Å². The van der Waals surface area contributed by atoms with Crippen LogP contribution in [-0.2, 0) is 21.2 Å². The summed E-state index contributed by atoms with van der Waals surface area (Å²) < 4.78 is 40.7. The molecule has 0 radical (unpaired) electrons. The van der Waals surface area contributed by atoms with Gasteiger partial charge < -0.3 is 4.90 Å². The molecule has 4 rings (SSSR count). The van der Waals surface area contributed by atoms with E-state index in [2.05, 4.69) is 4.72 Å². The van der Waals surface area contributed by atoms with Crippen molar-refractivity contribution in [2.24, 2.45) is 5.92 Å². The number of nitrogens with one attached hydrogen (secondary N) is 1. The molecule has 1 aliphatic carbocycles. The van der Waals surface area contributed by atoms with Gasteiger partial charge >= 0.3 is 0 Å². The lowest BCUT2D eigenvalue weighted by atomic mass is 10.0. The topological polar surface area (TPSA) is 66.5 Å². The molecule has 1 amide bonds. The second kappa shape index (κ2) is 6.39. The van der Waals surface area contributed by atoms with Gasteiger partial charge in [0, 0.05) is 23.8 Å². The number of rotatable bonds is 4. The predicted molar refractivity (Wildman–Crippen MR) is 97.0 cm³/mol. The Hall–Kier alpha value is -2.41. The number of benzene rings is 2. The smallest absolute Gasteiger partial charge is 0.261 e. The van der Waals surface area contributed by atoms with Gasteiger partial charge in [-0.3, -0.25) is 9.52 Å². The first kappa shape index (κ1) is 17.0. The number of anilines is 2. The Bertz CT molecular complexity index is 970. The van der Waals surface area contributed by atoms with Crippen molar-refractivity contribution in [2.75, 3.05) is 16.2 Å². The lowest BCUT2D eigenvalue weighted by Crippen LogP contribution is -2.36. The molecule has 0 saturated heterocycles. The molecule has 1 heterocycles. The first-order valence-electron chi connectivity index (χ1n) is 8.67. The molecule has 2 aromatic carbocycles. The van der Waals surface area contributed by atoms with Gasteiger partial charge in [0.05, 0.1) is 4.90 Å². The van der Waals surface area contributed by atoms with Gasteiger partial charge in [-0.2, -0.15) is 0 Å². The third-order valence-corrected chi connectivity index (χ3v) is 6.13. The van der Waals surface area contributed by atoms with E-state index in [0.717, 1.165) is 43.0 Å². The zero-order valence-electron chi connectivity index (χ0n) is 14.1. The monoisotopic (exact) mass is 374 g/mol. The Balaban J connectivity index is 1.60. The maximum absolute atomic E-state index is 13.3. The Morgan fingerprint density at radius 2 is 1.96 bits per heavy atom. The quantitative estimate of drug-likeness (QED) is 0.893. The number of carbonyl (C=O) groups excluding carboxylic acids is 1. The molecular formula is C19H19FN2O3S. The van der Waals surface area contributed by atoms with Gasteiger partial charge in [0.1, 0.15) is 5.82 Å². The number of carbonyl (C=O) groups is 1. The molecule has 0 bridgehead atoms.